The van der Waals surface area contributed by atoms with Crippen LogP contribution in [0.25, 0.3) is 0 Å². The molecule has 1 aromatic heterocycles. The van der Waals surface area contributed by atoms with Crippen LogP contribution in [0, 0.1) is 12.8 Å². The zero-order valence-electron chi connectivity index (χ0n) is 11.8. The van der Waals surface area contributed by atoms with Crippen molar-refractivity contribution in [3.05, 3.63) is 21.9 Å². The van der Waals surface area contributed by atoms with Gasteiger partial charge in [-0.1, -0.05) is 39.5 Å². The summed E-state index contributed by atoms with van der Waals surface area (Å²) in [6.07, 6.45) is 6.67. The van der Waals surface area contributed by atoms with Crippen LogP contribution in [0.15, 0.2) is 11.4 Å². The van der Waals surface area contributed by atoms with Gasteiger partial charge in [-0.2, -0.15) is 0 Å². The maximum Gasteiger partial charge on any atom is 0.0417 e. The fourth-order valence-electron chi connectivity index (χ4n) is 2.41. The predicted octanol–water partition coefficient (Wildman–Crippen LogP) is 4.92. The molecule has 1 N–H and O–H groups in total. The monoisotopic (exact) mass is 253 g/mol. The average Bonchev–Trinajstić information content (AvgIpc) is 2.76. The summed E-state index contributed by atoms with van der Waals surface area (Å²) < 4.78 is 0. The number of nitrogens with one attached hydrogen (secondary N) is 1. The highest BCUT2D eigenvalue weighted by Gasteiger charge is 2.17. The van der Waals surface area contributed by atoms with Gasteiger partial charge in [-0.05, 0) is 43.3 Å². The van der Waals surface area contributed by atoms with E-state index in [9.17, 15) is 0 Å². The molecule has 2 unspecified atom stereocenters. The summed E-state index contributed by atoms with van der Waals surface area (Å²) in [6, 6.07) is 2.79. The summed E-state index contributed by atoms with van der Waals surface area (Å²) in [5, 5.41) is 5.71. The minimum atomic E-state index is 0.553. The normalized spacial score (nSPS) is 14.8. The molecule has 98 valence electrons. The molecule has 0 bridgehead atoms. The van der Waals surface area contributed by atoms with Crippen molar-refractivity contribution in [2.75, 3.05) is 7.05 Å². The van der Waals surface area contributed by atoms with E-state index in [1.165, 1.54) is 42.5 Å². The number of hydrogen-bond donors (Lipinski definition) is 1. The summed E-state index contributed by atoms with van der Waals surface area (Å²) >= 11 is 1.90. The highest BCUT2D eigenvalue weighted by Crippen LogP contribution is 2.31. The Morgan fingerprint density at radius 1 is 1.35 bits per heavy atom. The van der Waals surface area contributed by atoms with E-state index in [2.05, 4.69) is 44.6 Å². The van der Waals surface area contributed by atoms with E-state index in [4.69, 9.17) is 0 Å². The van der Waals surface area contributed by atoms with Crippen LogP contribution in [-0.4, -0.2) is 7.05 Å². The number of rotatable bonds is 8. The number of hydrogen-bond acceptors (Lipinski definition) is 2. The molecule has 1 rings (SSSR count). The number of aryl methyl sites for hydroxylation is 1. The second-order valence-corrected chi connectivity index (χ2v) is 5.91. The topological polar surface area (TPSA) is 12.0 Å². The Kier molecular flexibility index (Phi) is 6.83. The van der Waals surface area contributed by atoms with Crippen molar-refractivity contribution in [3.63, 3.8) is 0 Å². The van der Waals surface area contributed by atoms with Crippen LogP contribution in [-0.2, 0) is 0 Å². The fourth-order valence-corrected chi connectivity index (χ4v) is 3.46. The molecule has 0 aliphatic heterocycles. The molecule has 0 spiro atoms. The highest BCUT2D eigenvalue weighted by molar-refractivity contribution is 7.10. The first-order valence-corrected chi connectivity index (χ1v) is 7.82. The molecule has 2 atom stereocenters. The van der Waals surface area contributed by atoms with Gasteiger partial charge < -0.3 is 5.32 Å². The molecule has 0 aliphatic rings. The highest BCUT2D eigenvalue weighted by atomic mass is 32.1. The van der Waals surface area contributed by atoms with Crippen LogP contribution in [0.4, 0.5) is 0 Å². The van der Waals surface area contributed by atoms with Crippen molar-refractivity contribution < 1.29 is 0 Å². The maximum absolute atomic E-state index is 3.50. The molecule has 1 heterocycles. The Labute approximate surface area is 111 Å². The largest absolute Gasteiger partial charge is 0.312 e. The van der Waals surface area contributed by atoms with E-state index in [0.717, 1.165) is 5.92 Å². The molecule has 0 radical (unpaired) electrons. The summed E-state index contributed by atoms with van der Waals surface area (Å²) in [6.45, 7) is 6.84. The van der Waals surface area contributed by atoms with Crippen LogP contribution in [0.1, 0.15) is 62.4 Å². The van der Waals surface area contributed by atoms with E-state index in [1.807, 2.05) is 11.3 Å². The van der Waals surface area contributed by atoms with E-state index in [0.29, 0.717) is 6.04 Å². The average molecular weight is 253 g/mol. The summed E-state index contributed by atoms with van der Waals surface area (Å²) in [5.41, 5.74) is 1.44. The van der Waals surface area contributed by atoms with Crippen LogP contribution < -0.4 is 5.32 Å². The lowest BCUT2D eigenvalue weighted by Crippen LogP contribution is -2.19. The van der Waals surface area contributed by atoms with E-state index < -0.39 is 0 Å². The minimum absolute atomic E-state index is 0.553. The first-order valence-electron chi connectivity index (χ1n) is 6.94. The van der Waals surface area contributed by atoms with Gasteiger partial charge in [0.05, 0.1) is 0 Å². The van der Waals surface area contributed by atoms with Gasteiger partial charge in [0.2, 0.25) is 0 Å². The lowest BCUT2D eigenvalue weighted by atomic mass is 9.91. The van der Waals surface area contributed by atoms with E-state index in [-0.39, 0.29) is 0 Å². The molecule has 17 heavy (non-hydrogen) atoms. The van der Waals surface area contributed by atoms with Crippen molar-refractivity contribution in [2.45, 2.75) is 58.9 Å². The maximum atomic E-state index is 3.50. The van der Waals surface area contributed by atoms with Gasteiger partial charge in [-0.15, -0.1) is 11.3 Å². The Hall–Kier alpha value is -0.340. The van der Waals surface area contributed by atoms with Crippen molar-refractivity contribution in [3.8, 4) is 0 Å². The Balaban J connectivity index is 2.59. The molecular weight excluding hydrogens is 226 g/mol. The second-order valence-electron chi connectivity index (χ2n) is 4.96. The molecule has 2 heteroatoms. The molecule has 0 amide bonds. The predicted molar refractivity (Wildman–Crippen MR) is 78.8 cm³/mol. The van der Waals surface area contributed by atoms with Crippen LogP contribution in [0.3, 0.4) is 0 Å². The van der Waals surface area contributed by atoms with Gasteiger partial charge in [-0.3, -0.25) is 0 Å². The standard InChI is InChI=1S/C15H27NS/c1-5-7-8-13(6-2)11-14(16-4)15-12(3)9-10-17-15/h9-10,13-14,16H,5-8,11H2,1-4H3. The van der Waals surface area contributed by atoms with E-state index in [1.54, 1.807) is 0 Å². The Morgan fingerprint density at radius 3 is 2.59 bits per heavy atom. The first-order chi connectivity index (χ1) is 8.22. The third-order valence-corrected chi connectivity index (χ3v) is 4.81. The third-order valence-electron chi connectivity index (χ3n) is 3.68. The summed E-state index contributed by atoms with van der Waals surface area (Å²) in [4.78, 5) is 1.53. The molecular formula is C15H27NS. The van der Waals surface area contributed by atoms with Gasteiger partial charge in [0.1, 0.15) is 0 Å². The van der Waals surface area contributed by atoms with Gasteiger partial charge in [0.25, 0.3) is 0 Å². The Morgan fingerprint density at radius 2 is 2.12 bits per heavy atom. The number of thiophene rings is 1. The van der Waals surface area contributed by atoms with Gasteiger partial charge in [0, 0.05) is 10.9 Å². The molecule has 0 saturated heterocycles. The third kappa shape index (κ3) is 4.44. The lowest BCUT2D eigenvalue weighted by molar-refractivity contribution is 0.367. The van der Waals surface area contributed by atoms with E-state index >= 15 is 0 Å². The lowest BCUT2D eigenvalue weighted by Gasteiger charge is -2.22. The van der Waals surface area contributed by atoms with Crippen molar-refractivity contribution >= 4 is 11.3 Å². The molecule has 1 nitrogen and oxygen atoms in total. The van der Waals surface area contributed by atoms with Crippen LogP contribution in [0.2, 0.25) is 0 Å². The van der Waals surface area contributed by atoms with Gasteiger partial charge >= 0.3 is 0 Å². The zero-order chi connectivity index (χ0) is 12.7. The fraction of sp³-hybridized carbons (Fsp3) is 0.733. The van der Waals surface area contributed by atoms with Crippen molar-refractivity contribution in [1.82, 2.24) is 5.32 Å². The molecule has 1 aromatic rings. The summed E-state index contributed by atoms with van der Waals surface area (Å²) in [5.74, 6) is 0.869. The molecule has 0 aromatic carbocycles. The minimum Gasteiger partial charge on any atom is -0.312 e. The number of unbranched alkanes of at least 4 members (excludes halogenated alkanes) is 1. The second kappa shape index (κ2) is 7.88. The summed E-state index contributed by atoms with van der Waals surface area (Å²) in [7, 11) is 2.09. The molecule has 0 saturated carbocycles. The van der Waals surface area contributed by atoms with Gasteiger partial charge in [-0.25, -0.2) is 0 Å². The molecule has 0 fully saturated rings. The van der Waals surface area contributed by atoms with Gasteiger partial charge in [0.15, 0.2) is 0 Å². The quantitative estimate of drug-likeness (QED) is 0.693. The zero-order valence-corrected chi connectivity index (χ0v) is 12.6. The van der Waals surface area contributed by atoms with Crippen LogP contribution >= 0.6 is 11.3 Å². The SMILES string of the molecule is CCCCC(CC)CC(NC)c1sccc1C. The smallest absolute Gasteiger partial charge is 0.0417 e. The van der Waals surface area contributed by atoms with Crippen LogP contribution in [0.5, 0.6) is 0 Å². The van der Waals surface area contributed by atoms with Crippen molar-refractivity contribution in [2.24, 2.45) is 5.92 Å². The van der Waals surface area contributed by atoms with Crippen molar-refractivity contribution in [1.29, 1.82) is 0 Å². The molecule has 0 aliphatic carbocycles. The Bertz CT molecular complexity index is 306. The first kappa shape index (κ1) is 14.7.